The summed E-state index contributed by atoms with van der Waals surface area (Å²) in [7, 11) is -4.38. The number of rotatable bonds is 37. The molecule has 51 heavy (non-hydrogen) atoms. The Morgan fingerprint density at radius 1 is 0.608 bits per heavy atom. The van der Waals surface area contributed by atoms with Crippen molar-refractivity contribution in [3.8, 4) is 0 Å². The van der Waals surface area contributed by atoms with Crippen molar-refractivity contribution < 1.29 is 37.6 Å². The fourth-order valence-electron chi connectivity index (χ4n) is 5.27. The molecule has 9 nitrogen and oxygen atoms in total. The molecule has 0 fully saturated rings. The Balaban J connectivity index is 4.20. The molecule has 0 radical (unpaired) electrons. The smallest absolute Gasteiger partial charge is 0.462 e. The molecule has 0 bridgehead atoms. The summed E-state index contributed by atoms with van der Waals surface area (Å²) in [6, 6.07) is 0. The maximum atomic E-state index is 12.5. The van der Waals surface area contributed by atoms with Crippen LogP contribution in [0.1, 0.15) is 168 Å². The lowest BCUT2D eigenvalue weighted by Gasteiger charge is -2.19. The summed E-state index contributed by atoms with van der Waals surface area (Å²) in [5.74, 6) is -0.860. The molecule has 10 heteroatoms. The number of hydrogen-bond donors (Lipinski definition) is 2. The van der Waals surface area contributed by atoms with Gasteiger partial charge in [-0.2, -0.15) is 0 Å². The minimum atomic E-state index is -4.38. The predicted molar refractivity (Wildman–Crippen MR) is 210 cm³/mol. The number of carbonyl (C=O) groups is 2. The highest BCUT2D eigenvalue weighted by Crippen LogP contribution is 2.43. The summed E-state index contributed by atoms with van der Waals surface area (Å²) in [4.78, 5) is 34.8. The first-order valence-corrected chi connectivity index (χ1v) is 21.6. The molecule has 2 atom stereocenters. The van der Waals surface area contributed by atoms with E-state index in [1.165, 1.54) is 64.2 Å². The van der Waals surface area contributed by atoms with Crippen molar-refractivity contribution in [2.45, 2.75) is 174 Å². The maximum absolute atomic E-state index is 12.5. The van der Waals surface area contributed by atoms with Gasteiger partial charge in [0.05, 0.1) is 13.2 Å². The average Bonchev–Trinajstić information content (AvgIpc) is 3.11. The third kappa shape index (κ3) is 37.5. The van der Waals surface area contributed by atoms with E-state index in [-0.39, 0.29) is 32.6 Å². The molecule has 0 rings (SSSR count). The molecule has 0 aromatic rings. The van der Waals surface area contributed by atoms with Crippen LogP contribution in [0.5, 0.6) is 0 Å². The van der Waals surface area contributed by atoms with Gasteiger partial charge < -0.3 is 20.1 Å². The van der Waals surface area contributed by atoms with Gasteiger partial charge in [-0.25, -0.2) is 4.57 Å². The maximum Gasteiger partial charge on any atom is 0.472 e. The molecule has 0 aliphatic carbocycles. The molecule has 0 aliphatic rings. The number of allylic oxidation sites excluding steroid dienone is 8. The molecule has 0 aliphatic heterocycles. The van der Waals surface area contributed by atoms with Crippen LogP contribution in [0.2, 0.25) is 0 Å². The Labute approximate surface area is 311 Å². The van der Waals surface area contributed by atoms with Gasteiger partial charge in [-0.1, -0.05) is 146 Å². The first-order valence-electron chi connectivity index (χ1n) is 20.1. The molecule has 0 saturated heterocycles. The molecule has 0 aromatic carbocycles. The van der Waals surface area contributed by atoms with Crippen LogP contribution >= 0.6 is 7.82 Å². The summed E-state index contributed by atoms with van der Waals surface area (Å²) >= 11 is 0. The van der Waals surface area contributed by atoms with E-state index in [2.05, 4.69) is 44.2 Å². The molecular weight excluding hydrogens is 665 g/mol. The molecule has 0 heterocycles. The van der Waals surface area contributed by atoms with Gasteiger partial charge in [0.15, 0.2) is 6.10 Å². The van der Waals surface area contributed by atoms with Crippen molar-refractivity contribution in [3.05, 3.63) is 48.6 Å². The number of carbonyl (C=O) groups excluding carboxylic acids is 2. The summed E-state index contributed by atoms with van der Waals surface area (Å²) < 4.78 is 32.7. The van der Waals surface area contributed by atoms with Crippen LogP contribution in [0, 0.1) is 0 Å². The standard InChI is InChI=1S/C41H74NO8P/c1-3-5-7-9-11-13-15-17-18-19-20-22-23-25-27-29-31-33-40(43)47-37-39(38-49-51(45,46)48-36-35-42)50-41(44)34-32-30-28-26-24-21-16-14-12-10-8-6-4-2/h6,8,10,12,14,16-18,39H,3-5,7,9,11,13,15,19-38,42H2,1-2H3,(H,45,46)/b8-6+,12-10+,16-14+,18-17+. The molecule has 0 amide bonds. The zero-order chi connectivity index (χ0) is 37.5. The second-order valence-corrected chi connectivity index (χ2v) is 14.6. The Hall–Kier alpha value is -2.03. The lowest BCUT2D eigenvalue weighted by atomic mass is 10.1. The fraction of sp³-hybridized carbons (Fsp3) is 0.756. The molecule has 2 unspecified atom stereocenters. The first-order chi connectivity index (χ1) is 24.8. The zero-order valence-electron chi connectivity index (χ0n) is 32.3. The van der Waals surface area contributed by atoms with Crippen molar-refractivity contribution in [1.82, 2.24) is 0 Å². The molecule has 0 spiro atoms. The fourth-order valence-corrected chi connectivity index (χ4v) is 6.04. The number of esters is 2. The summed E-state index contributed by atoms with van der Waals surface area (Å²) in [5, 5.41) is 0. The Morgan fingerprint density at radius 2 is 1.10 bits per heavy atom. The SMILES string of the molecule is CC/C=C/C=C/C=C/CCCCCCCC(=O)OC(COC(=O)CCCCCCCCC/C=C/CCCCCCCC)COP(=O)(O)OCCN. The Kier molecular flexibility index (Phi) is 36.2. The van der Waals surface area contributed by atoms with Crippen LogP contribution in [0.15, 0.2) is 48.6 Å². The lowest BCUT2D eigenvalue weighted by molar-refractivity contribution is -0.161. The molecule has 0 aromatic heterocycles. The van der Waals surface area contributed by atoms with Crippen molar-refractivity contribution >= 4 is 19.8 Å². The van der Waals surface area contributed by atoms with E-state index in [0.717, 1.165) is 70.6 Å². The number of phosphoric ester groups is 1. The van der Waals surface area contributed by atoms with E-state index in [0.29, 0.717) is 6.42 Å². The predicted octanol–water partition coefficient (Wildman–Crippen LogP) is 11.2. The minimum Gasteiger partial charge on any atom is -0.462 e. The van der Waals surface area contributed by atoms with Crippen molar-refractivity contribution in [2.24, 2.45) is 5.73 Å². The van der Waals surface area contributed by atoms with Crippen LogP contribution < -0.4 is 5.73 Å². The number of unbranched alkanes of at least 4 members (excludes halogenated alkanes) is 18. The van der Waals surface area contributed by atoms with Gasteiger partial charge in [0.1, 0.15) is 6.61 Å². The second-order valence-electron chi connectivity index (χ2n) is 13.2. The molecule has 296 valence electrons. The van der Waals surface area contributed by atoms with Gasteiger partial charge in [0, 0.05) is 19.4 Å². The van der Waals surface area contributed by atoms with Crippen molar-refractivity contribution in [3.63, 3.8) is 0 Å². The van der Waals surface area contributed by atoms with E-state index in [4.69, 9.17) is 24.3 Å². The molecule has 0 saturated carbocycles. The van der Waals surface area contributed by atoms with Crippen LogP contribution in [-0.4, -0.2) is 49.3 Å². The topological polar surface area (TPSA) is 134 Å². The number of nitrogens with two attached hydrogens (primary N) is 1. The summed E-state index contributed by atoms with van der Waals surface area (Å²) in [5.41, 5.74) is 5.33. The minimum absolute atomic E-state index is 0.0475. The average molecular weight is 740 g/mol. The highest BCUT2D eigenvalue weighted by Gasteiger charge is 2.25. The third-order valence-electron chi connectivity index (χ3n) is 8.26. The highest BCUT2D eigenvalue weighted by atomic mass is 31.2. The highest BCUT2D eigenvalue weighted by molar-refractivity contribution is 7.47. The monoisotopic (exact) mass is 740 g/mol. The Morgan fingerprint density at radius 3 is 1.65 bits per heavy atom. The van der Waals surface area contributed by atoms with Gasteiger partial charge >= 0.3 is 19.8 Å². The summed E-state index contributed by atoms with van der Waals surface area (Å²) in [6.07, 6.45) is 41.4. The van der Waals surface area contributed by atoms with Crippen LogP contribution in [0.25, 0.3) is 0 Å². The van der Waals surface area contributed by atoms with Crippen molar-refractivity contribution in [2.75, 3.05) is 26.4 Å². The summed E-state index contributed by atoms with van der Waals surface area (Å²) in [6.45, 7) is 3.55. The molecule has 3 N–H and O–H groups in total. The number of ether oxygens (including phenoxy) is 2. The number of hydrogen-bond acceptors (Lipinski definition) is 8. The van der Waals surface area contributed by atoms with Crippen LogP contribution in [0.4, 0.5) is 0 Å². The van der Waals surface area contributed by atoms with Crippen LogP contribution in [0.3, 0.4) is 0 Å². The van der Waals surface area contributed by atoms with Gasteiger partial charge in [0.25, 0.3) is 0 Å². The van der Waals surface area contributed by atoms with Crippen molar-refractivity contribution in [1.29, 1.82) is 0 Å². The van der Waals surface area contributed by atoms with E-state index >= 15 is 0 Å². The second kappa shape index (κ2) is 37.7. The van der Waals surface area contributed by atoms with E-state index in [1.54, 1.807) is 0 Å². The van der Waals surface area contributed by atoms with Gasteiger partial charge in [0.2, 0.25) is 0 Å². The molecular formula is C41H74NO8P. The third-order valence-corrected chi connectivity index (χ3v) is 9.24. The van der Waals surface area contributed by atoms with E-state index in [9.17, 15) is 19.0 Å². The Bertz CT molecular complexity index is 981. The zero-order valence-corrected chi connectivity index (χ0v) is 33.2. The van der Waals surface area contributed by atoms with E-state index < -0.39 is 32.5 Å². The first kappa shape index (κ1) is 49.0. The quantitative estimate of drug-likeness (QED) is 0.0210. The van der Waals surface area contributed by atoms with Gasteiger partial charge in [-0.15, -0.1) is 0 Å². The number of phosphoric acid groups is 1. The van der Waals surface area contributed by atoms with Gasteiger partial charge in [-0.3, -0.25) is 18.6 Å². The normalized spacial score (nSPS) is 13.9. The van der Waals surface area contributed by atoms with Gasteiger partial charge in [-0.05, 0) is 57.8 Å². The largest absolute Gasteiger partial charge is 0.472 e. The van der Waals surface area contributed by atoms with E-state index in [1.807, 2.05) is 18.2 Å². The van der Waals surface area contributed by atoms with Crippen LogP contribution in [-0.2, 0) is 32.7 Å². The lowest BCUT2D eigenvalue weighted by Crippen LogP contribution is -2.29.